The zero-order valence-corrected chi connectivity index (χ0v) is 8.40. The molecule has 0 N–H and O–H groups in total. The summed E-state index contributed by atoms with van der Waals surface area (Å²) in [5, 5.41) is 0. The summed E-state index contributed by atoms with van der Waals surface area (Å²) in [4.78, 5) is 0. The van der Waals surface area contributed by atoms with Crippen LogP contribution in [0, 0.1) is 0 Å². The van der Waals surface area contributed by atoms with Crippen molar-refractivity contribution in [2.75, 3.05) is 6.79 Å². The second kappa shape index (κ2) is 3.46. The average Bonchev–Trinajstić information content (AvgIpc) is 2.48. The maximum atomic E-state index is 5.56. The number of allylic oxidation sites excluding steroid dienone is 3. The van der Waals surface area contributed by atoms with Gasteiger partial charge in [0.2, 0.25) is 6.79 Å². The molecule has 3 rings (SSSR count). The van der Waals surface area contributed by atoms with Crippen molar-refractivity contribution in [3.05, 3.63) is 47.7 Å². The van der Waals surface area contributed by atoms with Gasteiger partial charge in [-0.1, -0.05) is 24.3 Å². The Morgan fingerprint density at radius 2 is 2.00 bits per heavy atom. The predicted octanol–water partition coefficient (Wildman–Crippen LogP) is 3.11. The smallest absolute Gasteiger partial charge is 0.230 e. The van der Waals surface area contributed by atoms with Crippen LogP contribution in [0.1, 0.15) is 18.4 Å². The Morgan fingerprint density at radius 3 is 3.00 bits per heavy atom. The van der Waals surface area contributed by atoms with Crippen molar-refractivity contribution >= 4 is 5.57 Å². The van der Waals surface area contributed by atoms with Gasteiger partial charge >= 0.3 is 0 Å². The standard InChI is InChI=1S/C13H12O2/c1-3-7-12-10(5-1)11-6-2-4-8-13(11)15-9-14-12/h1,3-5,7-8H,2,6,9H2. The lowest BCUT2D eigenvalue weighted by Gasteiger charge is -2.12. The maximum Gasteiger partial charge on any atom is 0.230 e. The summed E-state index contributed by atoms with van der Waals surface area (Å²) >= 11 is 0. The van der Waals surface area contributed by atoms with Crippen molar-refractivity contribution in [1.82, 2.24) is 0 Å². The van der Waals surface area contributed by atoms with Crippen LogP contribution in [0.5, 0.6) is 5.75 Å². The second-order valence-corrected chi connectivity index (χ2v) is 3.69. The minimum atomic E-state index is 0.306. The molecule has 2 nitrogen and oxygen atoms in total. The molecule has 2 aliphatic rings. The van der Waals surface area contributed by atoms with Gasteiger partial charge in [0.1, 0.15) is 11.5 Å². The molecular formula is C13H12O2. The summed E-state index contributed by atoms with van der Waals surface area (Å²) < 4.78 is 11.1. The number of benzene rings is 1. The highest BCUT2D eigenvalue weighted by molar-refractivity contribution is 5.75. The van der Waals surface area contributed by atoms with Gasteiger partial charge in [-0.15, -0.1) is 0 Å². The lowest BCUT2D eigenvalue weighted by Crippen LogP contribution is -2.00. The summed E-state index contributed by atoms with van der Waals surface area (Å²) in [5.41, 5.74) is 2.44. The van der Waals surface area contributed by atoms with Gasteiger partial charge in [0, 0.05) is 11.1 Å². The van der Waals surface area contributed by atoms with Crippen LogP contribution in [0.3, 0.4) is 0 Å². The first kappa shape index (κ1) is 8.60. The Balaban J connectivity index is 2.17. The topological polar surface area (TPSA) is 18.5 Å². The number of ether oxygens (including phenoxy) is 2. The van der Waals surface area contributed by atoms with E-state index >= 15 is 0 Å². The Morgan fingerprint density at radius 1 is 1.07 bits per heavy atom. The summed E-state index contributed by atoms with van der Waals surface area (Å²) in [7, 11) is 0. The van der Waals surface area contributed by atoms with Crippen molar-refractivity contribution < 1.29 is 9.47 Å². The van der Waals surface area contributed by atoms with Gasteiger partial charge in [0.05, 0.1) is 0 Å². The van der Waals surface area contributed by atoms with Crippen molar-refractivity contribution in [1.29, 1.82) is 0 Å². The fourth-order valence-corrected chi connectivity index (χ4v) is 2.04. The van der Waals surface area contributed by atoms with E-state index in [0.29, 0.717) is 6.79 Å². The third kappa shape index (κ3) is 1.42. The quantitative estimate of drug-likeness (QED) is 0.640. The first-order valence-corrected chi connectivity index (χ1v) is 5.20. The van der Waals surface area contributed by atoms with E-state index < -0.39 is 0 Å². The van der Waals surface area contributed by atoms with E-state index in [1.165, 1.54) is 11.1 Å². The Labute approximate surface area is 88.8 Å². The summed E-state index contributed by atoms with van der Waals surface area (Å²) in [6.45, 7) is 0.306. The molecule has 0 aromatic heterocycles. The van der Waals surface area contributed by atoms with Crippen molar-refractivity contribution in [3.8, 4) is 5.75 Å². The highest BCUT2D eigenvalue weighted by Gasteiger charge is 2.18. The van der Waals surface area contributed by atoms with Gasteiger partial charge in [-0.25, -0.2) is 0 Å². The van der Waals surface area contributed by atoms with E-state index in [-0.39, 0.29) is 0 Å². The van der Waals surface area contributed by atoms with Gasteiger partial charge < -0.3 is 9.47 Å². The summed E-state index contributed by atoms with van der Waals surface area (Å²) in [6.07, 6.45) is 6.31. The fourth-order valence-electron chi connectivity index (χ4n) is 2.04. The molecular weight excluding hydrogens is 188 g/mol. The molecule has 15 heavy (non-hydrogen) atoms. The predicted molar refractivity (Wildman–Crippen MR) is 58.3 cm³/mol. The first-order valence-electron chi connectivity index (χ1n) is 5.20. The number of hydrogen-bond acceptors (Lipinski definition) is 2. The molecule has 0 amide bonds. The fraction of sp³-hybridized carbons (Fsp3) is 0.231. The largest absolute Gasteiger partial charge is 0.457 e. The van der Waals surface area contributed by atoms with Crippen LogP contribution in [0.25, 0.3) is 5.57 Å². The molecule has 1 aliphatic carbocycles. The minimum Gasteiger partial charge on any atom is -0.457 e. The summed E-state index contributed by atoms with van der Waals surface area (Å²) in [6, 6.07) is 8.12. The highest BCUT2D eigenvalue weighted by Crippen LogP contribution is 2.36. The molecule has 0 bridgehead atoms. The van der Waals surface area contributed by atoms with E-state index in [4.69, 9.17) is 9.47 Å². The van der Waals surface area contributed by atoms with Crippen LogP contribution >= 0.6 is 0 Å². The molecule has 0 spiro atoms. The van der Waals surface area contributed by atoms with Crippen LogP contribution < -0.4 is 4.74 Å². The third-order valence-corrected chi connectivity index (χ3v) is 2.77. The van der Waals surface area contributed by atoms with Crippen LogP contribution in [0.15, 0.2) is 42.2 Å². The minimum absolute atomic E-state index is 0.306. The molecule has 0 saturated carbocycles. The maximum absolute atomic E-state index is 5.56. The monoisotopic (exact) mass is 200 g/mol. The second-order valence-electron chi connectivity index (χ2n) is 3.69. The number of hydrogen-bond donors (Lipinski definition) is 0. The summed E-state index contributed by atoms with van der Waals surface area (Å²) in [5.74, 6) is 1.89. The molecule has 1 aliphatic heterocycles. The van der Waals surface area contributed by atoms with Crippen LogP contribution in [0.4, 0.5) is 0 Å². The van der Waals surface area contributed by atoms with Crippen LogP contribution in [-0.4, -0.2) is 6.79 Å². The van der Waals surface area contributed by atoms with E-state index in [9.17, 15) is 0 Å². The van der Waals surface area contributed by atoms with E-state index in [0.717, 1.165) is 24.4 Å². The number of fused-ring (bicyclic) bond motifs is 2. The van der Waals surface area contributed by atoms with Gasteiger partial charge in [-0.2, -0.15) is 0 Å². The van der Waals surface area contributed by atoms with Gasteiger partial charge in [0.15, 0.2) is 0 Å². The highest BCUT2D eigenvalue weighted by atomic mass is 16.7. The molecule has 1 heterocycles. The van der Waals surface area contributed by atoms with Gasteiger partial charge in [0.25, 0.3) is 0 Å². The van der Waals surface area contributed by atoms with E-state index in [2.05, 4.69) is 12.1 Å². The molecule has 2 heteroatoms. The molecule has 76 valence electrons. The first-order chi connectivity index (χ1) is 7.45. The van der Waals surface area contributed by atoms with Crippen LogP contribution in [-0.2, 0) is 4.74 Å². The van der Waals surface area contributed by atoms with E-state index in [1.807, 2.05) is 24.3 Å². The zero-order chi connectivity index (χ0) is 10.1. The zero-order valence-electron chi connectivity index (χ0n) is 8.40. The number of rotatable bonds is 0. The lowest BCUT2D eigenvalue weighted by molar-refractivity contribution is 0.0709. The molecule has 0 unspecified atom stereocenters. The lowest BCUT2D eigenvalue weighted by atomic mass is 9.95. The third-order valence-electron chi connectivity index (χ3n) is 2.77. The van der Waals surface area contributed by atoms with E-state index in [1.54, 1.807) is 0 Å². The van der Waals surface area contributed by atoms with Gasteiger partial charge in [-0.05, 0) is 25.0 Å². The van der Waals surface area contributed by atoms with Gasteiger partial charge in [-0.3, -0.25) is 0 Å². The Kier molecular flexibility index (Phi) is 1.98. The van der Waals surface area contributed by atoms with Crippen LogP contribution in [0.2, 0.25) is 0 Å². The van der Waals surface area contributed by atoms with Crippen molar-refractivity contribution in [3.63, 3.8) is 0 Å². The molecule has 0 saturated heterocycles. The Hall–Kier alpha value is -1.70. The van der Waals surface area contributed by atoms with Crippen molar-refractivity contribution in [2.24, 2.45) is 0 Å². The molecule has 0 atom stereocenters. The average molecular weight is 200 g/mol. The molecule has 0 fully saturated rings. The number of para-hydroxylation sites is 1. The molecule has 0 radical (unpaired) electrons. The SMILES string of the molecule is C1=CC2=C(CC1)c1ccccc1OCO2. The van der Waals surface area contributed by atoms with Crippen molar-refractivity contribution in [2.45, 2.75) is 12.8 Å². The molecule has 1 aromatic carbocycles. The molecule has 1 aromatic rings. The normalized spacial score (nSPS) is 18.4. The Bertz CT molecular complexity index is 444.